The summed E-state index contributed by atoms with van der Waals surface area (Å²) in [6, 6.07) is 6.22. The Hall–Kier alpha value is -1.39. The molecule has 1 aliphatic rings. The number of carbonyl (C=O) groups excluding carboxylic acids is 1. The zero-order valence-corrected chi connectivity index (χ0v) is 13.0. The average molecular weight is 276 g/mol. The number of carbonyl (C=O) groups is 1. The normalized spacial score (nSPS) is 18.1. The van der Waals surface area contributed by atoms with Crippen LogP contribution in [-0.2, 0) is 17.6 Å². The molecule has 0 atom stereocenters. The Morgan fingerprint density at radius 2 is 1.80 bits per heavy atom. The van der Waals surface area contributed by atoms with E-state index in [0.29, 0.717) is 0 Å². The lowest BCUT2D eigenvalue weighted by atomic mass is 10.0. The number of amides is 1. The van der Waals surface area contributed by atoms with Crippen LogP contribution in [-0.4, -0.2) is 43.1 Å². The van der Waals surface area contributed by atoms with Gasteiger partial charge in [-0.25, -0.2) is 0 Å². The standard InChI is InChI=1S/C16H25N3O/c1-16(2,17)15(20)18-14-6-5-12-7-9-19(3,4)10-8-13(12)11-14/h5-6,11H,7-10,17H2,1-4H3/p+1. The van der Waals surface area contributed by atoms with Gasteiger partial charge in [0.15, 0.2) is 0 Å². The molecule has 4 nitrogen and oxygen atoms in total. The molecule has 1 aromatic carbocycles. The fourth-order valence-electron chi connectivity index (χ4n) is 2.43. The topological polar surface area (TPSA) is 55.1 Å². The van der Waals surface area contributed by atoms with Gasteiger partial charge >= 0.3 is 0 Å². The predicted molar refractivity (Wildman–Crippen MR) is 82.6 cm³/mol. The van der Waals surface area contributed by atoms with Crippen LogP contribution in [0.4, 0.5) is 5.69 Å². The molecule has 0 unspecified atom stereocenters. The molecule has 0 fully saturated rings. The van der Waals surface area contributed by atoms with Crippen molar-refractivity contribution in [3.63, 3.8) is 0 Å². The Kier molecular flexibility index (Phi) is 3.89. The van der Waals surface area contributed by atoms with E-state index in [2.05, 4.69) is 31.5 Å². The van der Waals surface area contributed by atoms with Crippen molar-refractivity contribution < 1.29 is 9.28 Å². The first-order valence-electron chi connectivity index (χ1n) is 7.21. The third kappa shape index (κ3) is 3.58. The number of hydrogen-bond donors (Lipinski definition) is 2. The molecule has 0 spiro atoms. The summed E-state index contributed by atoms with van der Waals surface area (Å²) in [4.78, 5) is 11.9. The van der Waals surface area contributed by atoms with Crippen LogP contribution in [0.5, 0.6) is 0 Å². The van der Waals surface area contributed by atoms with E-state index in [1.54, 1.807) is 13.8 Å². The van der Waals surface area contributed by atoms with E-state index < -0.39 is 5.54 Å². The van der Waals surface area contributed by atoms with Crippen molar-refractivity contribution in [3.8, 4) is 0 Å². The molecule has 0 radical (unpaired) electrons. The van der Waals surface area contributed by atoms with Gasteiger partial charge in [0.05, 0.1) is 32.7 Å². The Labute approximate surface area is 121 Å². The number of quaternary nitrogens is 1. The first kappa shape index (κ1) is 15.0. The largest absolute Gasteiger partial charge is 0.328 e. The third-order valence-electron chi connectivity index (χ3n) is 4.02. The minimum absolute atomic E-state index is 0.151. The molecule has 0 aliphatic carbocycles. The van der Waals surface area contributed by atoms with Crippen molar-refractivity contribution in [2.75, 3.05) is 32.5 Å². The number of nitrogens with two attached hydrogens (primary N) is 1. The molecule has 1 aliphatic heterocycles. The molecule has 2 rings (SSSR count). The molecule has 110 valence electrons. The van der Waals surface area contributed by atoms with Crippen molar-refractivity contribution >= 4 is 11.6 Å². The van der Waals surface area contributed by atoms with Gasteiger partial charge in [-0.05, 0) is 37.1 Å². The fourth-order valence-corrected chi connectivity index (χ4v) is 2.43. The zero-order valence-electron chi connectivity index (χ0n) is 13.0. The van der Waals surface area contributed by atoms with Gasteiger partial charge in [-0.1, -0.05) is 6.07 Å². The Balaban J connectivity index is 2.17. The first-order valence-corrected chi connectivity index (χ1v) is 7.21. The maximum atomic E-state index is 11.9. The van der Waals surface area contributed by atoms with Crippen LogP contribution in [0.3, 0.4) is 0 Å². The van der Waals surface area contributed by atoms with Crippen molar-refractivity contribution in [1.29, 1.82) is 0 Å². The van der Waals surface area contributed by atoms with Gasteiger partial charge in [-0.2, -0.15) is 0 Å². The quantitative estimate of drug-likeness (QED) is 0.805. The summed E-state index contributed by atoms with van der Waals surface area (Å²) in [7, 11) is 4.54. The first-order chi connectivity index (χ1) is 9.17. The Bertz CT molecular complexity index is 515. The second-order valence-electron chi connectivity index (χ2n) is 7.04. The van der Waals surface area contributed by atoms with Gasteiger partial charge in [-0.15, -0.1) is 0 Å². The van der Waals surface area contributed by atoms with Crippen LogP contribution in [0.2, 0.25) is 0 Å². The maximum absolute atomic E-state index is 11.9. The van der Waals surface area contributed by atoms with Gasteiger partial charge in [0.1, 0.15) is 0 Å². The van der Waals surface area contributed by atoms with E-state index >= 15 is 0 Å². The van der Waals surface area contributed by atoms with E-state index in [4.69, 9.17) is 5.73 Å². The van der Waals surface area contributed by atoms with Crippen LogP contribution in [0.15, 0.2) is 18.2 Å². The highest BCUT2D eigenvalue weighted by atomic mass is 16.2. The van der Waals surface area contributed by atoms with Crippen LogP contribution in [0, 0.1) is 0 Å². The van der Waals surface area contributed by atoms with Crippen LogP contribution < -0.4 is 11.1 Å². The van der Waals surface area contributed by atoms with E-state index in [1.807, 2.05) is 6.07 Å². The monoisotopic (exact) mass is 276 g/mol. The third-order valence-corrected chi connectivity index (χ3v) is 4.02. The van der Waals surface area contributed by atoms with Gasteiger partial charge in [0.25, 0.3) is 0 Å². The second kappa shape index (κ2) is 5.19. The zero-order chi connectivity index (χ0) is 15.0. The number of rotatable bonds is 2. The Morgan fingerprint density at radius 3 is 2.40 bits per heavy atom. The summed E-state index contributed by atoms with van der Waals surface area (Å²) in [6.07, 6.45) is 2.15. The minimum Gasteiger partial charge on any atom is -0.328 e. The van der Waals surface area contributed by atoms with Crippen LogP contribution in [0.1, 0.15) is 25.0 Å². The summed E-state index contributed by atoms with van der Waals surface area (Å²) in [6.45, 7) is 5.72. The van der Waals surface area contributed by atoms with Gasteiger partial charge < -0.3 is 15.5 Å². The van der Waals surface area contributed by atoms with E-state index in [1.165, 1.54) is 11.1 Å². The summed E-state index contributed by atoms with van der Waals surface area (Å²) in [5.41, 5.74) is 8.55. The summed E-state index contributed by atoms with van der Waals surface area (Å²) >= 11 is 0. The number of anilines is 1. The molecule has 3 N–H and O–H groups in total. The molecular formula is C16H26N3O+. The summed E-state index contributed by atoms with van der Waals surface area (Å²) in [5.74, 6) is -0.151. The van der Waals surface area contributed by atoms with Gasteiger partial charge in [0, 0.05) is 18.5 Å². The maximum Gasteiger partial charge on any atom is 0.243 e. The lowest BCUT2D eigenvalue weighted by Crippen LogP contribution is -2.45. The molecule has 0 saturated heterocycles. The summed E-state index contributed by atoms with van der Waals surface area (Å²) < 4.78 is 1.05. The van der Waals surface area contributed by atoms with Crippen LogP contribution in [0.25, 0.3) is 0 Å². The molecular weight excluding hydrogens is 250 g/mol. The molecule has 1 aromatic rings. The number of hydrogen-bond acceptors (Lipinski definition) is 2. The number of nitrogens with one attached hydrogen (secondary N) is 1. The molecule has 0 bridgehead atoms. The summed E-state index contributed by atoms with van der Waals surface area (Å²) in [5, 5.41) is 2.90. The highest BCUT2D eigenvalue weighted by molar-refractivity contribution is 5.97. The lowest BCUT2D eigenvalue weighted by molar-refractivity contribution is -0.889. The number of nitrogens with zero attached hydrogens (tertiary/aromatic N) is 1. The smallest absolute Gasteiger partial charge is 0.243 e. The molecule has 4 heteroatoms. The van der Waals surface area contributed by atoms with Gasteiger partial charge in [0.2, 0.25) is 5.91 Å². The van der Waals surface area contributed by atoms with E-state index in [0.717, 1.165) is 36.1 Å². The van der Waals surface area contributed by atoms with Crippen molar-refractivity contribution in [1.82, 2.24) is 0 Å². The predicted octanol–water partition coefficient (Wildman–Crippen LogP) is 1.54. The number of benzene rings is 1. The Morgan fingerprint density at radius 1 is 1.20 bits per heavy atom. The molecule has 0 aromatic heterocycles. The van der Waals surface area contributed by atoms with E-state index in [9.17, 15) is 4.79 Å². The average Bonchev–Trinajstić information content (AvgIpc) is 2.48. The number of likely N-dealkylation sites (N-methyl/N-ethyl adjacent to an activating group) is 1. The van der Waals surface area contributed by atoms with Crippen LogP contribution >= 0.6 is 0 Å². The van der Waals surface area contributed by atoms with Crippen molar-refractivity contribution in [2.24, 2.45) is 5.73 Å². The highest BCUT2D eigenvalue weighted by Gasteiger charge is 2.23. The van der Waals surface area contributed by atoms with E-state index in [-0.39, 0.29) is 5.91 Å². The van der Waals surface area contributed by atoms with Gasteiger partial charge in [-0.3, -0.25) is 4.79 Å². The second-order valence-corrected chi connectivity index (χ2v) is 7.04. The number of fused-ring (bicyclic) bond motifs is 1. The molecule has 1 heterocycles. The van der Waals surface area contributed by atoms with Crippen molar-refractivity contribution in [3.05, 3.63) is 29.3 Å². The minimum atomic E-state index is -0.855. The molecule has 20 heavy (non-hydrogen) atoms. The SMILES string of the molecule is CC(C)(N)C(=O)Nc1ccc2c(c1)CC[N+](C)(C)CC2. The highest BCUT2D eigenvalue weighted by Crippen LogP contribution is 2.22. The fraction of sp³-hybridized carbons (Fsp3) is 0.562. The molecule has 0 saturated carbocycles. The molecule has 1 amide bonds. The van der Waals surface area contributed by atoms with Crippen molar-refractivity contribution in [2.45, 2.75) is 32.2 Å². The lowest BCUT2D eigenvalue weighted by Gasteiger charge is -2.27.